The van der Waals surface area contributed by atoms with Gasteiger partial charge in [-0.3, -0.25) is 23.6 Å². The summed E-state index contributed by atoms with van der Waals surface area (Å²) < 4.78 is 13.8. The first-order chi connectivity index (χ1) is 19.0. The van der Waals surface area contributed by atoms with Crippen LogP contribution in [0.4, 0.5) is 5.69 Å². The van der Waals surface area contributed by atoms with Gasteiger partial charge in [0, 0.05) is 18.3 Å². The number of imidazole rings is 2. The van der Waals surface area contributed by atoms with Gasteiger partial charge in [-0.2, -0.15) is 0 Å². The van der Waals surface area contributed by atoms with E-state index in [2.05, 4.69) is 9.97 Å². The van der Waals surface area contributed by atoms with Gasteiger partial charge in [-0.15, -0.1) is 0 Å². The molecule has 2 aromatic heterocycles. The normalized spacial score (nSPS) is 10.9. The summed E-state index contributed by atoms with van der Waals surface area (Å²) >= 11 is 0. The monoisotopic (exact) mass is 525 g/mol. The zero-order chi connectivity index (χ0) is 27.4. The van der Waals surface area contributed by atoms with Crippen molar-refractivity contribution in [1.29, 1.82) is 0 Å². The van der Waals surface area contributed by atoms with Gasteiger partial charge in [-0.25, -0.2) is 9.78 Å². The van der Waals surface area contributed by atoms with Gasteiger partial charge in [0.1, 0.15) is 12.3 Å². The number of benzene rings is 3. The Kier molecular flexibility index (Phi) is 7.26. The molecule has 198 valence electrons. The number of carbonyl (C=O) groups is 2. The van der Waals surface area contributed by atoms with Crippen molar-refractivity contribution in [2.45, 2.75) is 13.0 Å². The van der Waals surface area contributed by atoms with Gasteiger partial charge in [0.05, 0.1) is 42.8 Å². The number of ether oxygens (including phenoxy) is 2. The lowest BCUT2D eigenvalue weighted by atomic mass is 10.1. The number of nitrogens with one attached hydrogen (secondary N) is 1. The average molecular weight is 526 g/mol. The number of aryl methyl sites for hydroxylation is 1. The Morgan fingerprint density at radius 2 is 1.69 bits per heavy atom. The SMILES string of the molecule is COc1ccccc1CC(=O)OCN(C(=O)Cn1c(=O)n(C)c2ccccc21)c1ccc(-c2cnc[nH]2)cc1. The van der Waals surface area contributed by atoms with E-state index >= 15 is 0 Å². The van der Waals surface area contributed by atoms with E-state index in [4.69, 9.17) is 9.47 Å². The molecule has 0 radical (unpaired) electrons. The Labute approximate surface area is 224 Å². The van der Waals surface area contributed by atoms with Crippen LogP contribution in [0.2, 0.25) is 0 Å². The largest absolute Gasteiger partial charge is 0.496 e. The Balaban J connectivity index is 1.40. The summed E-state index contributed by atoms with van der Waals surface area (Å²) in [7, 11) is 3.20. The summed E-state index contributed by atoms with van der Waals surface area (Å²) in [6.07, 6.45) is 3.26. The van der Waals surface area contributed by atoms with Crippen molar-refractivity contribution in [3.05, 3.63) is 101 Å². The Hall–Kier alpha value is -5.12. The molecule has 0 atom stereocenters. The molecule has 5 rings (SSSR count). The smallest absolute Gasteiger partial charge is 0.329 e. The lowest BCUT2D eigenvalue weighted by Gasteiger charge is -2.23. The van der Waals surface area contributed by atoms with Gasteiger partial charge in [-0.05, 0) is 35.9 Å². The van der Waals surface area contributed by atoms with Crippen molar-refractivity contribution in [1.82, 2.24) is 19.1 Å². The van der Waals surface area contributed by atoms with Crippen LogP contribution in [-0.4, -0.2) is 44.8 Å². The van der Waals surface area contributed by atoms with Gasteiger partial charge in [0.15, 0.2) is 6.73 Å². The molecule has 0 unspecified atom stereocenters. The van der Waals surface area contributed by atoms with Crippen molar-refractivity contribution in [2.24, 2.45) is 7.05 Å². The molecule has 0 saturated carbocycles. The van der Waals surface area contributed by atoms with Crippen LogP contribution in [0, 0.1) is 0 Å². The Morgan fingerprint density at radius 3 is 2.41 bits per heavy atom. The minimum atomic E-state index is -0.520. The molecule has 39 heavy (non-hydrogen) atoms. The molecular weight excluding hydrogens is 498 g/mol. The Bertz CT molecular complexity index is 1670. The van der Waals surface area contributed by atoms with E-state index in [-0.39, 0.29) is 25.4 Å². The summed E-state index contributed by atoms with van der Waals surface area (Å²) in [5, 5.41) is 0. The molecule has 1 amide bonds. The second-order valence-corrected chi connectivity index (χ2v) is 8.88. The first-order valence-corrected chi connectivity index (χ1v) is 12.3. The number of methoxy groups -OCH3 is 1. The zero-order valence-corrected chi connectivity index (χ0v) is 21.5. The first kappa shape index (κ1) is 25.5. The second kappa shape index (κ2) is 11.1. The number of anilines is 1. The highest BCUT2D eigenvalue weighted by atomic mass is 16.5. The number of hydrogen-bond acceptors (Lipinski definition) is 6. The van der Waals surface area contributed by atoms with E-state index in [0.717, 1.165) is 11.3 Å². The molecule has 1 N–H and O–H groups in total. The molecule has 5 aromatic rings. The number of carbonyl (C=O) groups excluding carboxylic acids is 2. The fraction of sp³-hybridized carbons (Fsp3) is 0.172. The number of rotatable bonds is 9. The number of H-pyrrole nitrogens is 1. The van der Waals surface area contributed by atoms with Crippen LogP contribution in [0.1, 0.15) is 5.56 Å². The van der Waals surface area contributed by atoms with Gasteiger partial charge in [-0.1, -0.05) is 42.5 Å². The topological polar surface area (TPSA) is 111 Å². The summed E-state index contributed by atoms with van der Waals surface area (Å²) in [4.78, 5) is 47.8. The van der Waals surface area contributed by atoms with Gasteiger partial charge < -0.3 is 14.5 Å². The van der Waals surface area contributed by atoms with Crippen LogP contribution in [-0.2, 0) is 34.3 Å². The Morgan fingerprint density at radius 1 is 0.974 bits per heavy atom. The van der Waals surface area contributed by atoms with Crippen molar-refractivity contribution >= 4 is 28.6 Å². The standard InChI is InChI=1S/C29H27N5O5/c1-32-24-8-4-5-9-25(24)33(29(32)37)17-27(35)34(22-13-11-20(12-14-22)23-16-30-18-31-23)19-39-28(36)15-21-7-3-6-10-26(21)38-2/h3-14,16,18H,15,17,19H2,1-2H3,(H,30,31). The number of nitrogens with zero attached hydrogens (tertiary/aromatic N) is 4. The molecule has 0 aliphatic carbocycles. The molecule has 0 fully saturated rings. The van der Waals surface area contributed by atoms with E-state index in [0.29, 0.717) is 28.0 Å². The molecule has 0 aliphatic heterocycles. The van der Waals surface area contributed by atoms with E-state index in [1.807, 2.05) is 42.5 Å². The van der Waals surface area contributed by atoms with Crippen molar-refractivity contribution in [3.8, 4) is 17.0 Å². The van der Waals surface area contributed by atoms with Crippen LogP contribution in [0.3, 0.4) is 0 Å². The lowest BCUT2D eigenvalue weighted by molar-refractivity contribution is -0.143. The molecule has 0 aliphatic rings. The van der Waals surface area contributed by atoms with Crippen LogP contribution >= 0.6 is 0 Å². The van der Waals surface area contributed by atoms with Gasteiger partial charge in [0.25, 0.3) is 0 Å². The number of hydrogen-bond donors (Lipinski definition) is 1. The average Bonchev–Trinajstić information content (AvgIpc) is 3.58. The van der Waals surface area contributed by atoms with E-state index in [1.165, 1.54) is 21.1 Å². The highest BCUT2D eigenvalue weighted by Gasteiger charge is 2.22. The number of esters is 1. The maximum atomic E-state index is 13.6. The molecule has 0 saturated heterocycles. The molecule has 0 bridgehead atoms. The van der Waals surface area contributed by atoms with Crippen LogP contribution in [0.25, 0.3) is 22.3 Å². The van der Waals surface area contributed by atoms with Crippen molar-refractivity contribution in [2.75, 3.05) is 18.7 Å². The minimum absolute atomic E-state index is 0.0203. The fourth-order valence-electron chi connectivity index (χ4n) is 4.45. The highest BCUT2D eigenvalue weighted by Crippen LogP contribution is 2.23. The number of aromatic amines is 1. The fourth-order valence-corrected chi connectivity index (χ4v) is 4.45. The summed E-state index contributed by atoms with van der Waals surface area (Å²) in [5.41, 5.74) is 3.94. The zero-order valence-electron chi connectivity index (χ0n) is 21.5. The highest BCUT2D eigenvalue weighted by molar-refractivity contribution is 5.94. The van der Waals surface area contributed by atoms with Gasteiger partial charge in [0.2, 0.25) is 5.91 Å². The molecule has 2 heterocycles. The second-order valence-electron chi connectivity index (χ2n) is 8.88. The third kappa shape index (κ3) is 5.30. The maximum Gasteiger partial charge on any atom is 0.329 e. The van der Waals surface area contributed by atoms with Crippen LogP contribution in [0.15, 0.2) is 90.1 Å². The predicted molar refractivity (Wildman–Crippen MR) is 146 cm³/mol. The van der Waals surface area contributed by atoms with Crippen LogP contribution in [0.5, 0.6) is 5.75 Å². The van der Waals surface area contributed by atoms with Gasteiger partial charge >= 0.3 is 11.7 Å². The van der Waals surface area contributed by atoms with Crippen molar-refractivity contribution in [3.63, 3.8) is 0 Å². The third-order valence-electron chi connectivity index (χ3n) is 6.52. The molecule has 0 spiro atoms. The summed E-state index contributed by atoms with van der Waals surface area (Å²) in [6, 6.07) is 21.6. The summed E-state index contributed by atoms with van der Waals surface area (Å²) in [6.45, 7) is -0.553. The van der Waals surface area contributed by atoms with Crippen LogP contribution < -0.4 is 15.3 Å². The molecule has 3 aromatic carbocycles. The minimum Gasteiger partial charge on any atom is -0.496 e. The maximum absolute atomic E-state index is 13.6. The van der Waals surface area contributed by atoms with E-state index < -0.39 is 11.9 Å². The quantitative estimate of drug-likeness (QED) is 0.233. The molecular formula is C29H27N5O5. The van der Waals surface area contributed by atoms with E-state index in [1.54, 1.807) is 49.9 Å². The van der Waals surface area contributed by atoms with Crippen molar-refractivity contribution < 1.29 is 19.1 Å². The molecule has 10 heteroatoms. The third-order valence-corrected chi connectivity index (χ3v) is 6.52. The van der Waals surface area contributed by atoms with E-state index in [9.17, 15) is 14.4 Å². The number of para-hydroxylation sites is 3. The molecule has 10 nitrogen and oxygen atoms in total. The summed E-state index contributed by atoms with van der Waals surface area (Å²) in [5.74, 6) is -0.353. The number of fused-ring (bicyclic) bond motifs is 1. The predicted octanol–water partition coefficient (Wildman–Crippen LogP) is 3.52. The number of aromatic nitrogens is 4. The lowest BCUT2D eigenvalue weighted by Crippen LogP contribution is -2.39. The number of amides is 1. The first-order valence-electron chi connectivity index (χ1n) is 12.3.